The average molecular weight is 357 g/mol. The summed E-state index contributed by atoms with van der Waals surface area (Å²) in [5.74, 6) is 1.89. The van der Waals surface area contributed by atoms with Crippen LogP contribution in [0, 0.1) is 0 Å². The number of fused-ring (bicyclic) bond motifs is 1. The second-order valence-corrected chi connectivity index (χ2v) is 6.70. The van der Waals surface area contributed by atoms with Gasteiger partial charge in [-0.3, -0.25) is 0 Å². The molecule has 2 heterocycles. The summed E-state index contributed by atoms with van der Waals surface area (Å²) < 4.78 is 14.0. The van der Waals surface area contributed by atoms with Gasteiger partial charge in [0.1, 0.15) is 17.7 Å². The van der Waals surface area contributed by atoms with Gasteiger partial charge in [0.2, 0.25) is 0 Å². The molecule has 1 aliphatic rings. The number of para-hydroxylation sites is 2. The Kier molecular flexibility index (Phi) is 4.90. The van der Waals surface area contributed by atoms with Gasteiger partial charge in [0, 0.05) is 18.2 Å². The molecule has 1 unspecified atom stereocenters. The van der Waals surface area contributed by atoms with Crippen LogP contribution in [0.15, 0.2) is 48.5 Å². The van der Waals surface area contributed by atoms with E-state index in [4.69, 9.17) is 26.1 Å². The van der Waals surface area contributed by atoms with E-state index in [0.29, 0.717) is 6.61 Å². The van der Waals surface area contributed by atoms with Crippen LogP contribution in [0.3, 0.4) is 0 Å². The van der Waals surface area contributed by atoms with Gasteiger partial charge in [0.05, 0.1) is 17.6 Å². The van der Waals surface area contributed by atoms with Gasteiger partial charge in [0.25, 0.3) is 0 Å². The van der Waals surface area contributed by atoms with E-state index in [2.05, 4.69) is 22.8 Å². The van der Waals surface area contributed by atoms with E-state index in [0.717, 1.165) is 54.5 Å². The lowest BCUT2D eigenvalue weighted by Gasteiger charge is -2.14. The predicted molar refractivity (Wildman–Crippen MR) is 99.2 cm³/mol. The summed E-state index contributed by atoms with van der Waals surface area (Å²) in [6.07, 6.45) is 3.17. The summed E-state index contributed by atoms with van der Waals surface area (Å²) in [5.41, 5.74) is 2.20. The summed E-state index contributed by atoms with van der Waals surface area (Å²) >= 11 is 5.90. The van der Waals surface area contributed by atoms with Crippen molar-refractivity contribution in [2.24, 2.45) is 0 Å². The first kappa shape index (κ1) is 16.4. The summed E-state index contributed by atoms with van der Waals surface area (Å²) in [5, 5.41) is 0.721. The van der Waals surface area contributed by atoms with Gasteiger partial charge < -0.3 is 14.0 Å². The molecule has 1 fully saturated rings. The molecule has 1 atom stereocenters. The minimum Gasteiger partial charge on any atom is -0.494 e. The van der Waals surface area contributed by atoms with Gasteiger partial charge in [-0.05, 0) is 55.7 Å². The van der Waals surface area contributed by atoms with Gasteiger partial charge >= 0.3 is 0 Å². The zero-order chi connectivity index (χ0) is 17.1. The topological polar surface area (TPSA) is 36.3 Å². The number of nitrogens with zero attached hydrogens (tertiary/aromatic N) is 2. The molecule has 4 nitrogen and oxygen atoms in total. The first-order valence-electron chi connectivity index (χ1n) is 8.76. The van der Waals surface area contributed by atoms with Crippen molar-refractivity contribution in [3.63, 3.8) is 0 Å². The Morgan fingerprint density at radius 3 is 2.80 bits per heavy atom. The molecule has 0 bridgehead atoms. The SMILES string of the molecule is Clc1ccc(OCCCn2c(C3CCCO3)nc3ccccc32)cc1. The molecule has 4 rings (SSSR count). The van der Waals surface area contributed by atoms with Crippen LogP contribution in [-0.2, 0) is 11.3 Å². The van der Waals surface area contributed by atoms with Crippen LogP contribution in [0.5, 0.6) is 5.75 Å². The van der Waals surface area contributed by atoms with Crippen LogP contribution in [-0.4, -0.2) is 22.8 Å². The lowest BCUT2D eigenvalue weighted by molar-refractivity contribution is 0.102. The molecule has 1 aromatic heterocycles. The number of ether oxygens (including phenoxy) is 2. The number of benzene rings is 2. The molecule has 1 saturated heterocycles. The lowest BCUT2D eigenvalue weighted by atomic mass is 10.2. The molecule has 3 aromatic rings. The van der Waals surface area contributed by atoms with E-state index >= 15 is 0 Å². The zero-order valence-electron chi connectivity index (χ0n) is 14.0. The average Bonchev–Trinajstić information content (AvgIpc) is 3.28. The number of hydrogen-bond acceptors (Lipinski definition) is 3. The molecule has 0 radical (unpaired) electrons. The first-order chi connectivity index (χ1) is 12.3. The number of aryl methyl sites for hydroxylation is 1. The van der Waals surface area contributed by atoms with E-state index in [9.17, 15) is 0 Å². The van der Waals surface area contributed by atoms with Crippen molar-refractivity contribution >= 4 is 22.6 Å². The molecule has 0 aliphatic carbocycles. The number of aromatic nitrogens is 2. The van der Waals surface area contributed by atoms with Crippen LogP contribution in [0.4, 0.5) is 0 Å². The van der Waals surface area contributed by atoms with Crippen molar-refractivity contribution in [1.82, 2.24) is 9.55 Å². The van der Waals surface area contributed by atoms with Crippen LogP contribution in [0.1, 0.15) is 31.2 Å². The van der Waals surface area contributed by atoms with Gasteiger partial charge in [-0.1, -0.05) is 23.7 Å². The highest BCUT2D eigenvalue weighted by Gasteiger charge is 2.24. The third-order valence-electron chi connectivity index (χ3n) is 4.51. The number of hydrogen-bond donors (Lipinski definition) is 0. The minimum absolute atomic E-state index is 0.115. The summed E-state index contributed by atoms with van der Waals surface area (Å²) in [4.78, 5) is 4.82. The lowest BCUT2D eigenvalue weighted by Crippen LogP contribution is -2.11. The highest BCUT2D eigenvalue weighted by Crippen LogP contribution is 2.30. The fraction of sp³-hybridized carbons (Fsp3) is 0.350. The molecule has 0 N–H and O–H groups in total. The van der Waals surface area contributed by atoms with Gasteiger partial charge in [-0.2, -0.15) is 0 Å². The Balaban J connectivity index is 1.46. The first-order valence-corrected chi connectivity index (χ1v) is 9.14. The van der Waals surface area contributed by atoms with E-state index in [1.807, 2.05) is 30.3 Å². The highest BCUT2D eigenvalue weighted by atomic mass is 35.5. The Bertz CT molecular complexity index is 839. The number of imidazole rings is 1. The van der Waals surface area contributed by atoms with Crippen LogP contribution in [0.2, 0.25) is 5.02 Å². The third-order valence-corrected chi connectivity index (χ3v) is 4.76. The molecule has 0 amide bonds. The largest absolute Gasteiger partial charge is 0.494 e. The number of rotatable bonds is 6. The van der Waals surface area contributed by atoms with Crippen molar-refractivity contribution in [2.45, 2.75) is 31.9 Å². The Hall–Kier alpha value is -2.04. The molecule has 0 saturated carbocycles. The molecular weight excluding hydrogens is 336 g/mol. The van der Waals surface area contributed by atoms with Crippen LogP contribution >= 0.6 is 11.6 Å². The Morgan fingerprint density at radius 1 is 1.16 bits per heavy atom. The predicted octanol–water partition coefficient (Wildman–Crippen LogP) is 5.01. The maximum Gasteiger partial charge on any atom is 0.139 e. The fourth-order valence-corrected chi connectivity index (χ4v) is 3.43. The van der Waals surface area contributed by atoms with Crippen molar-refractivity contribution in [1.29, 1.82) is 0 Å². The second kappa shape index (κ2) is 7.46. The smallest absolute Gasteiger partial charge is 0.139 e. The molecule has 2 aromatic carbocycles. The maximum absolute atomic E-state index is 5.90. The van der Waals surface area contributed by atoms with Crippen molar-refractivity contribution in [2.75, 3.05) is 13.2 Å². The zero-order valence-corrected chi connectivity index (χ0v) is 14.8. The molecule has 5 heteroatoms. The standard InChI is InChI=1S/C20H21ClN2O2/c21-15-8-10-16(11-9-15)24-14-4-12-23-18-6-2-1-5-17(18)22-20(23)19-7-3-13-25-19/h1-2,5-6,8-11,19H,3-4,7,12-14H2. The summed E-state index contributed by atoms with van der Waals surface area (Å²) in [6, 6.07) is 15.8. The van der Waals surface area contributed by atoms with E-state index in [-0.39, 0.29) is 6.10 Å². The van der Waals surface area contributed by atoms with E-state index in [1.165, 1.54) is 5.52 Å². The fourth-order valence-electron chi connectivity index (χ4n) is 3.30. The van der Waals surface area contributed by atoms with Crippen molar-refractivity contribution in [3.8, 4) is 5.75 Å². The molecule has 0 spiro atoms. The highest BCUT2D eigenvalue weighted by molar-refractivity contribution is 6.30. The van der Waals surface area contributed by atoms with Crippen LogP contribution < -0.4 is 4.74 Å². The van der Waals surface area contributed by atoms with Gasteiger partial charge in [0.15, 0.2) is 0 Å². The summed E-state index contributed by atoms with van der Waals surface area (Å²) in [6.45, 7) is 2.34. The van der Waals surface area contributed by atoms with E-state index < -0.39 is 0 Å². The number of halogens is 1. The quantitative estimate of drug-likeness (QED) is 0.582. The Morgan fingerprint density at radius 2 is 2.00 bits per heavy atom. The van der Waals surface area contributed by atoms with Crippen molar-refractivity contribution in [3.05, 3.63) is 59.4 Å². The molecule has 25 heavy (non-hydrogen) atoms. The normalized spacial score (nSPS) is 17.2. The van der Waals surface area contributed by atoms with Crippen molar-refractivity contribution < 1.29 is 9.47 Å². The maximum atomic E-state index is 5.90. The molecule has 1 aliphatic heterocycles. The Labute approximate surface area is 152 Å². The van der Waals surface area contributed by atoms with E-state index in [1.54, 1.807) is 0 Å². The van der Waals surface area contributed by atoms with Crippen LogP contribution in [0.25, 0.3) is 11.0 Å². The monoisotopic (exact) mass is 356 g/mol. The van der Waals surface area contributed by atoms with Gasteiger partial charge in [-0.15, -0.1) is 0 Å². The minimum atomic E-state index is 0.115. The molecular formula is C20H21ClN2O2. The third kappa shape index (κ3) is 3.65. The van der Waals surface area contributed by atoms with Gasteiger partial charge in [-0.25, -0.2) is 4.98 Å². The molecule has 130 valence electrons. The second-order valence-electron chi connectivity index (χ2n) is 6.27. The summed E-state index contributed by atoms with van der Waals surface area (Å²) in [7, 11) is 0.